The van der Waals surface area contributed by atoms with E-state index in [9.17, 15) is 0 Å². The summed E-state index contributed by atoms with van der Waals surface area (Å²) in [6.45, 7) is 12.0. The van der Waals surface area contributed by atoms with E-state index in [1.165, 1.54) is 19.4 Å². The van der Waals surface area contributed by atoms with Gasteiger partial charge in [0.2, 0.25) is 0 Å². The standard InChI is InChI=1S/C13H27N3O/c1-13(2)12(14)4-3-5-16(13)7-6-15-8-10-17-11-9-15/h12H,3-11,14H2,1-2H3. The maximum absolute atomic E-state index is 6.24. The number of hydrogen-bond acceptors (Lipinski definition) is 4. The fraction of sp³-hybridized carbons (Fsp3) is 1.00. The largest absolute Gasteiger partial charge is 0.379 e. The van der Waals surface area contributed by atoms with Crippen LogP contribution in [0.15, 0.2) is 0 Å². The number of likely N-dealkylation sites (tertiary alicyclic amines) is 1. The molecule has 0 bridgehead atoms. The molecular formula is C13H27N3O. The van der Waals surface area contributed by atoms with E-state index in [1.807, 2.05) is 0 Å². The highest BCUT2D eigenvalue weighted by atomic mass is 16.5. The van der Waals surface area contributed by atoms with Gasteiger partial charge in [0.1, 0.15) is 0 Å². The third kappa shape index (κ3) is 3.19. The molecule has 1 unspecified atom stereocenters. The summed E-state index contributed by atoms with van der Waals surface area (Å²) in [6.07, 6.45) is 2.41. The molecule has 0 amide bonds. The highest BCUT2D eigenvalue weighted by Crippen LogP contribution is 2.26. The molecule has 4 nitrogen and oxygen atoms in total. The summed E-state index contributed by atoms with van der Waals surface area (Å²) in [5.74, 6) is 0. The molecule has 2 aliphatic rings. The highest BCUT2D eigenvalue weighted by molar-refractivity contribution is 4.95. The molecule has 2 fully saturated rings. The molecule has 0 aromatic heterocycles. The third-order valence-electron chi connectivity index (χ3n) is 4.46. The molecule has 2 saturated heterocycles. The average Bonchev–Trinajstić information content (AvgIpc) is 2.32. The first-order valence-electron chi connectivity index (χ1n) is 6.91. The Kier molecular flexibility index (Phi) is 4.42. The van der Waals surface area contributed by atoms with E-state index >= 15 is 0 Å². The van der Waals surface area contributed by atoms with Gasteiger partial charge in [-0.25, -0.2) is 0 Å². The van der Waals surface area contributed by atoms with E-state index in [4.69, 9.17) is 10.5 Å². The maximum Gasteiger partial charge on any atom is 0.0594 e. The number of morpholine rings is 1. The van der Waals surface area contributed by atoms with Crippen LogP contribution in [0.3, 0.4) is 0 Å². The topological polar surface area (TPSA) is 41.7 Å². The molecule has 2 heterocycles. The van der Waals surface area contributed by atoms with E-state index in [2.05, 4.69) is 23.6 Å². The Morgan fingerprint density at radius 1 is 1.18 bits per heavy atom. The van der Waals surface area contributed by atoms with Gasteiger partial charge in [0.15, 0.2) is 0 Å². The van der Waals surface area contributed by atoms with Gasteiger partial charge in [-0.3, -0.25) is 9.80 Å². The quantitative estimate of drug-likeness (QED) is 0.782. The third-order valence-corrected chi connectivity index (χ3v) is 4.46. The maximum atomic E-state index is 6.24. The fourth-order valence-corrected chi connectivity index (χ4v) is 2.86. The van der Waals surface area contributed by atoms with E-state index in [0.29, 0.717) is 6.04 Å². The first-order valence-corrected chi connectivity index (χ1v) is 6.91. The van der Waals surface area contributed by atoms with Crippen LogP contribution in [0.5, 0.6) is 0 Å². The van der Waals surface area contributed by atoms with Gasteiger partial charge in [0.05, 0.1) is 13.2 Å². The number of hydrogen-bond donors (Lipinski definition) is 1. The predicted molar refractivity (Wildman–Crippen MR) is 70.1 cm³/mol. The number of rotatable bonds is 3. The summed E-state index contributed by atoms with van der Waals surface area (Å²) >= 11 is 0. The summed E-state index contributed by atoms with van der Waals surface area (Å²) < 4.78 is 5.37. The lowest BCUT2D eigenvalue weighted by Gasteiger charge is -2.47. The Hall–Kier alpha value is -0.160. The van der Waals surface area contributed by atoms with Crippen LogP contribution < -0.4 is 5.73 Å². The zero-order valence-corrected chi connectivity index (χ0v) is 11.3. The van der Waals surface area contributed by atoms with Crippen molar-refractivity contribution in [1.82, 2.24) is 9.80 Å². The van der Waals surface area contributed by atoms with Gasteiger partial charge in [0, 0.05) is 37.8 Å². The molecule has 17 heavy (non-hydrogen) atoms. The van der Waals surface area contributed by atoms with E-state index in [-0.39, 0.29) is 5.54 Å². The number of nitrogens with zero attached hydrogens (tertiary/aromatic N) is 2. The zero-order valence-electron chi connectivity index (χ0n) is 11.3. The van der Waals surface area contributed by atoms with Crippen molar-refractivity contribution in [2.24, 2.45) is 5.73 Å². The second-order valence-electron chi connectivity index (χ2n) is 5.84. The molecule has 0 radical (unpaired) electrons. The molecule has 0 aromatic rings. The van der Waals surface area contributed by atoms with Crippen molar-refractivity contribution in [2.75, 3.05) is 45.9 Å². The molecule has 4 heteroatoms. The van der Waals surface area contributed by atoms with Crippen molar-refractivity contribution < 1.29 is 4.74 Å². The highest BCUT2D eigenvalue weighted by Gasteiger charge is 2.35. The fourth-order valence-electron chi connectivity index (χ4n) is 2.86. The van der Waals surface area contributed by atoms with Crippen molar-refractivity contribution in [1.29, 1.82) is 0 Å². The molecule has 2 aliphatic heterocycles. The van der Waals surface area contributed by atoms with Crippen LogP contribution in [-0.2, 0) is 4.74 Å². The van der Waals surface area contributed by atoms with Crippen molar-refractivity contribution in [3.63, 3.8) is 0 Å². The number of piperidine rings is 1. The van der Waals surface area contributed by atoms with Crippen molar-refractivity contribution >= 4 is 0 Å². The zero-order chi connectivity index (χ0) is 12.3. The van der Waals surface area contributed by atoms with Crippen LogP contribution in [0.2, 0.25) is 0 Å². The molecule has 0 spiro atoms. The lowest BCUT2D eigenvalue weighted by Crippen LogP contribution is -2.60. The molecule has 0 saturated carbocycles. The normalized spacial score (nSPS) is 31.6. The lowest BCUT2D eigenvalue weighted by atomic mass is 9.85. The molecular weight excluding hydrogens is 214 g/mol. The van der Waals surface area contributed by atoms with Crippen LogP contribution in [0.4, 0.5) is 0 Å². The van der Waals surface area contributed by atoms with Gasteiger partial charge < -0.3 is 10.5 Å². The minimum Gasteiger partial charge on any atom is -0.379 e. The molecule has 0 aliphatic carbocycles. The summed E-state index contributed by atoms with van der Waals surface area (Å²) in [7, 11) is 0. The first kappa shape index (κ1) is 13.3. The van der Waals surface area contributed by atoms with E-state index in [0.717, 1.165) is 39.4 Å². The second-order valence-corrected chi connectivity index (χ2v) is 5.84. The lowest BCUT2D eigenvalue weighted by molar-refractivity contribution is 0.0131. The van der Waals surface area contributed by atoms with Gasteiger partial charge in [-0.1, -0.05) is 0 Å². The van der Waals surface area contributed by atoms with Crippen LogP contribution in [0, 0.1) is 0 Å². The SMILES string of the molecule is CC1(C)C(N)CCCN1CCN1CCOCC1. The van der Waals surface area contributed by atoms with Crippen LogP contribution in [0.1, 0.15) is 26.7 Å². The Morgan fingerprint density at radius 3 is 2.59 bits per heavy atom. The first-order chi connectivity index (χ1) is 8.10. The molecule has 2 rings (SSSR count). The summed E-state index contributed by atoms with van der Waals surface area (Å²) in [5.41, 5.74) is 6.39. The van der Waals surface area contributed by atoms with Crippen LogP contribution in [-0.4, -0.2) is 67.3 Å². The van der Waals surface area contributed by atoms with Crippen molar-refractivity contribution in [3.05, 3.63) is 0 Å². The van der Waals surface area contributed by atoms with Gasteiger partial charge >= 0.3 is 0 Å². The van der Waals surface area contributed by atoms with Crippen LogP contribution in [0.25, 0.3) is 0 Å². The van der Waals surface area contributed by atoms with Gasteiger partial charge in [-0.15, -0.1) is 0 Å². The monoisotopic (exact) mass is 241 g/mol. The predicted octanol–water partition coefficient (Wildman–Crippen LogP) is 0.520. The van der Waals surface area contributed by atoms with Crippen LogP contribution >= 0.6 is 0 Å². The van der Waals surface area contributed by atoms with E-state index in [1.54, 1.807) is 0 Å². The smallest absolute Gasteiger partial charge is 0.0594 e. The van der Waals surface area contributed by atoms with E-state index < -0.39 is 0 Å². The number of nitrogens with two attached hydrogens (primary N) is 1. The van der Waals surface area contributed by atoms with Crippen molar-refractivity contribution in [3.8, 4) is 0 Å². The van der Waals surface area contributed by atoms with Gasteiger partial charge in [-0.2, -0.15) is 0 Å². The molecule has 2 N–H and O–H groups in total. The minimum atomic E-state index is 0.157. The summed E-state index contributed by atoms with van der Waals surface area (Å²) in [6, 6.07) is 0.320. The minimum absolute atomic E-state index is 0.157. The Labute approximate surface area is 105 Å². The summed E-state index contributed by atoms with van der Waals surface area (Å²) in [4.78, 5) is 5.07. The second kappa shape index (κ2) is 5.65. The Morgan fingerprint density at radius 2 is 1.88 bits per heavy atom. The van der Waals surface area contributed by atoms with Gasteiger partial charge in [0.25, 0.3) is 0 Å². The Bertz CT molecular complexity index is 239. The van der Waals surface area contributed by atoms with Crippen molar-refractivity contribution in [2.45, 2.75) is 38.3 Å². The molecule has 100 valence electrons. The molecule has 0 aromatic carbocycles. The van der Waals surface area contributed by atoms with Gasteiger partial charge in [-0.05, 0) is 33.2 Å². The Balaban J connectivity index is 1.80. The average molecular weight is 241 g/mol. The number of ether oxygens (including phenoxy) is 1. The molecule has 1 atom stereocenters. The summed E-state index contributed by atoms with van der Waals surface area (Å²) in [5, 5.41) is 0.